The number of phenols is 1. The molecule has 8 heteroatoms. The van der Waals surface area contributed by atoms with Crippen LogP contribution in [-0.2, 0) is 30.1 Å². The van der Waals surface area contributed by atoms with Crippen molar-refractivity contribution in [3.63, 3.8) is 0 Å². The first-order valence-electron chi connectivity index (χ1n) is 10.9. The van der Waals surface area contributed by atoms with Crippen LogP contribution in [0.25, 0.3) is 0 Å². The molecule has 1 fully saturated rings. The second-order valence-electron chi connectivity index (χ2n) is 8.30. The van der Waals surface area contributed by atoms with Crippen LogP contribution in [-0.4, -0.2) is 44.5 Å². The van der Waals surface area contributed by atoms with Gasteiger partial charge in [0.25, 0.3) is 0 Å². The zero-order chi connectivity index (χ0) is 22.5. The zero-order valence-electron chi connectivity index (χ0n) is 18.5. The van der Waals surface area contributed by atoms with Crippen molar-refractivity contribution in [2.24, 2.45) is 0 Å². The molecule has 32 heavy (non-hydrogen) atoms. The van der Waals surface area contributed by atoms with Gasteiger partial charge < -0.3 is 14.4 Å². The van der Waals surface area contributed by atoms with E-state index < -0.39 is 0 Å². The fourth-order valence-corrected chi connectivity index (χ4v) is 5.14. The topological polar surface area (TPSA) is 63.4 Å². The van der Waals surface area contributed by atoms with Crippen LogP contribution in [0.4, 0.5) is 0 Å². The van der Waals surface area contributed by atoms with E-state index >= 15 is 0 Å². The maximum atomic E-state index is 10.2. The van der Waals surface area contributed by atoms with Gasteiger partial charge in [-0.25, -0.2) is 0 Å². The lowest BCUT2D eigenvalue weighted by Gasteiger charge is -2.19. The third-order valence-corrected chi connectivity index (χ3v) is 6.97. The first-order chi connectivity index (χ1) is 15.5. The summed E-state index contributed by atoms with van der Waals surface area (Å²) < 4.78 is 8.10. The van der Waals surface area contributed by atoms with E-state index in [9.17, 15) is 5.11 Å². The number of phenolic OH excluding ortho intramolecular Hbond substituents is 1. The summed E-state index contributed by atoms with van der Waals surface area (Å²) >= 11 is 7.82. The van der Waals surface area contributed by atoms with Crippen molar-refractivity contribution in [1.29, 1.82) is 0 Å². The van der Waals surface area contributed by atoms with Gasteiger partial charge in [-0.1, -0.05) is 47.6 Å². The van der Waals surface area contributed by atoms with Gasteiger partial charge in [0.05, 0.1) is 19.2 Å². The summed E-state index contributed by atoms with van der Waals surface area (Å²) in [6.45, 7) is 4.89. The lowest BCUT2D eigenvalue weighted by atomic mass is 10.1. The molecule has 0 spiro atoms. The first-order valence-corrected chi connectivity index (χ1v) is 12.2. The molecule has 1 atom stereocenters. The Hall–Kier alpha value is -2.06. The van der Waals surface area contributed by atoms with E-state index in [0.717, 1.165) is 48.3 Å². The molecule has 2 aromatic carbocycles. The maximum Gasteiger partial charge on any atom is 0.191 e. The highest BCUT2D eigenvalue weighted by Crippen LogP contribution is 2.27. The van der Waals surface area contributed by atoms with Gasteiger partial charge in [0.1, 0.15) is 11.6 Å². The molecule has 1 aliphatic heterocycles. The Balaban J connectivity index is 1.50. The third kappa shape index (κ3) is 5.84. The van der Waals surface area contributed by atoms with Crippen LogP contribution in [0, 0.1) is 6.92 Å². The lowest BCUT2D eigenvalue weighted by molar-refractivity contribution is 0.0934. The summed E-state index contributed by atoms with van der Waals surface area (Å²) in [5.41, 5.74) is 3.38. The number of aromatic nitrogens is 3. The number of benzene rings is 2. The molecule has 0 unspecified atom stereocenters. The second-order valence-corrected chi connectivity index (χ2v) is 9.68. The monoisotopic (exact) mass is 472 g/mol. The van der Waals surface area contributed by atoms with E-state index in [1.165, 1.54) is 11.1 Å². The number of nitrogens with zero attached hydrogens (tertiary/aromatic N) is 4. The molecule has 1 N–H and O–H groups in total. The molecular weight excluding hydrogens is 444 g/mol. The lowest BCUT2D eigenvalue weighted by Crippen LogP contribution is -2.23. The number of aryl methyl sites for hydroxylation is 1. The van der Waals surface area contributed by atoms with Crippen LogP contribution in [0.3, 0.4) is 0 Å². The van der Waals surface area contributed by atoms with E-state index in [0.29, 0.717) is 18.1 Å². The average molecular weight is 473 g/mol. The van der Waals surface area contributed by atoms with Gasteiger partial charge in [-0.15, -0.1) is 10.2 Å². The van der Waals surface area contributed by atoms with Crippen molar-refractivity contribution in [3.8, 4) is 5.75 Å². The van der Waals surface area contributed by atoms with Crippen molar-refractivity contribution in [3.05, 3.63) is 70.0 Å². The van der Waals surface area contributed by atoms with Gasteiger partial charge >= 0.3 is 0 Å². The summed E-state index contributed by atoms with van der Waals surface area (Å²) in [5, 5.41) is 20.7. The number of aromatic hydroxyl groups is 1. The Labute approximate surface area is 198 Å². The van der Waals surface area contributed by atoms with Gasteiger partial charge in [0.15, 0.2) is 5.16 Å². The molecule has 2 heterocycles. The highest BCUT2D eigenvalue weighted by atomic mass is 35.5. The van der Waals surface area contributed by atoms with E-state index in [-0.39, 0.29) is 11.9 Å². The van der Waals surface area contributed by atoms with Crippen LogP contribution >= 0.6 is 23.4 Å². The number of halogens is 1. The Morgan fingerprint density at radius 1 is 1.19 bits per heavy atom. The molecule has 1 saturated heterocycles. The summed E-state index contributed by atoms with van der Waals surface area (Å²) in [6.07, 6.45) is 2.36. The highest BCUT2D eigenvalue weighted by Gasteiger charge is 2.22. The van der Waals surface area contributed by atoms with Gasteiger partial charge in [0, 0.05) is 29.5 Å². The molecule has 4 rings (SSSR count). The molecule has 3 aromatic rings. The van der Waals surface area contributed by atoms with Crippen LogP contribution < -0.4 is 0 Å². The Bertz CT molecular complexity index is 1050. The van der Waals surface area contributed by atoms with Crippen LogP contribution in [0.1, 0.15) is 35.4 Å². The van der Waals surface area contributed by atoms with E-state index in [4.69, 9.17) is 16.3 Å². The zero-order valence-corrected chi connectivity index (χ0v) is 20.1. The van der Waals surface area contributed by atoms with E-state index in [2.05, 4.69) is 50.9 Å². The molecule has 0 amide bonds. The summed E-state index contributed by atoms with van der Waals surface area (Å²) in [6, 6.07) is 13.6. The normalized spacial score (nSPS) is 16.2. The van der Waals surface area contributed by atoms with Crippen molar-refractivity contribution < 1.29 is 9.84 Å². The second kappa shape index (κ2) is 10.7. The van der Waals surface area contributed by atoms with Gasteiger partial charge in [0.2, 0.25) is 0 Å². The average Bonchev–Trinajstić information content (AvgIpc) is 3.41. The number of hydrogen-bond donors (Lipinski definition) is 1. The predicted octanol–water partition coefficient (Wildman–Crippen LogP) is 5.05. The molecule has 0 radical (unpaired) electrons. The molecule has 1 aromatic heterocycles. The molecular formula is C24H29ClN4O2S. The molecule has 0 saturated carbocycles. The first kappa shape index (κ1) is 23.1. The van der Waals surface area contributed by atoms with Crippen LogP contribution in [0.15, 0.2) is 47.6 Å². The smallest absolute Gasteiger partial charge is 0.191 e. The fourth-order valence-electron chi connectivity index (χ4n) is 3.90. The van der Waals surface area contributed by atoms with Gasteiger partial charge in [-0.2, -0.15) is 0 Å². The minimum atomic E-state index is 0.199. The Morgan fingerprint density at radius 3 is 2.81 bits per heavy atom. The quantitative estimate of drug-likeness (QED) is 0.440. The Kier molecular flexibility index (Phi) is 7.73. The van der Waals surface area contributed by atoms with Crippen LogP contribution in [0.2, 0.25) is 5.02 Å². The standard InChI is InChI=1S/C24H29ClN4O2S/c1-17-6-3-4-7-18(17)16-32-24-27-26-23(29(24)14-21-8-5-11-31-21)15-28(2)13-19-12-20(25)9-10-22(19)30/h3-4,6-7,9-10,12,21,30H,5,8,11,13-16H2,1-2H3/t21-/m0/s1. The largest absolute Gasteiger partial charge is 0.508 e. The summed E-state index contributed by atoms with van der Waals surface area (Å²) in [7, 11) is 2.01. The fraction of sp³-hybridized carbons (Fsp3) is 0.417. The van der Waals surface area contributed by atoms with Gasteiger partial charge in [-0.3, -0.25) is 4.90 Å². The number of rotatable bonds is 9. The molecule has 0 bridgehead atoms. The summed E-state index contributed by atoms with van der Waals surface area (Å²) in [5.74, 6) is 2.00. The van der Waals surface area contributed by atoms with Crippen molar-refractivity contribution in [2.75, 3.05) is 13.7 Å². The van der Waals surface area contributed by atoms with Crippen molar-refractivity contribution in [2.45, 2.75) is 56.4 Å². The molecule has 0 aliphatic carbocycles. The minimum absolute atomic E-state index is 0.199. The number of ether oxygens (including phenoxy) is 1. The molecule has 6 nitrogen and oxygen atoms in total. The van der Waals surface area contributed by atoms with E-state index in [1.807, 2.05) is 7.05 Å². The highest BCUT2D eigenvalue weighted by molar-refractivity contribution is 7.98. The van der Waals surface area contributed by atoms with Crippen molar-refractivity contribution in [1.82, 2.24) is 19.7 Å². The maximum absolute atomic E-state index is 10.2. The molecule has 1 aliphatic rings. The van der Waals surface area contributed by atoms with Gasteiger partial charge in [-0.05, 0) is 56.1 Å². The predicted molar refractivity (Wildman–Crippen MR) is 128 cm³/mol. The summed E-state index contributed by atoms with van der Waals surface area (Å²) in [4.78, 5) is 2.11. The minimum Gasteiger partial charge on any atom is -0.508 e. The van der Waals surface area contributed by atoms with Crippen molar-refractivity contribution >= 4 is 23.4 Å². The van der Waals surface area contributed by atoms with Crippen LogP contribution in [0.5, 0.6) is 5.75 Å². The SMILES string of the molecule is Cc1ccccc1CSc1nnc(CN(C)Cc2cc(Cl)ccc2O)n1C[C@@H]1CCCO1. The Morgan fingerprint density at radius 2 is 2.03 bits per heavy atom. The molecule has 170 valence electrons. The number of thioether (sulfide) groups is 1. The third-order valence-electron chi connectivity index (χ3n) is 5.71. The van der Waals surface area contributed by atoms with E-state index in [1.54, 1.807) is 30.0 Å². The number of hydrogen-bond acceptors (Lipinski definition) is 6.